The van der Waals surface area contributed by atoms with E-state index in [0.717, 1.165) is 39.1 Å². The Labute approximate surface area is 266 Å². The summed E-state index contributed by atoms with van der Waals surface area (Å²) in [7, 11) is 0. The van der Waals surface area contributed by atoms with Gasteiger partial charge in [-0.25, -0.2) is 19.0 Å². The van der Waals surface area contributed by atoms with Crippen molar-refractivity contribution in [3.8, 4) is 28.8 Å². The standard InChI is InChI=1S/C34H35FN8O3/c1-33(2,41-17-34(18-41)19-45-20-34)14-22(15-36)32(44)42-12-6-7-23(42)16-43-31-28(30(37)38-21-39-31)29(40-43)26-11-10-25(13-27(26)35)46-24-8-4-3-5-9-24/h3-5,8-11,13-14,21,23H,6-7,12,16-20H2,1-2H3,(H2,37,38,39)/b22-14-. The van der Waals surface area contributed by atoms with Crippen LogP contribution in [0, 0.1) is 22.6 Å². The van der Waals surface area contributed by atoms with Crippen LogP contribution in [-0.2, 0) is 16.1 Å². The molecule has 1 atom stereocenters. The Kier molecular flexibility index (Phi) is 7.45. The van der Waals surface area contributed by atoms with Crippen molar-refractivity contribution in [1.82, 2.24) is 29.5 Å². The van der Waals surface area contributed by atoms with Gasteiger partial charge in [-0.3, -0.25) is 9.69 Å². The molecule has 2 aromatic carbocycles. The van der Waals surface area contributed by atoms with E-state index in [0.29, 0.717) is 41.3 Å². The second-order valence-corrected chi connectivity index (χ2v) is 13.0. The highest BCUT2D eigenvalue weighted by atomic mass is 19.1. The van der Waals surface area contributed by atoms with Gasteiger partial charge in [0.15, 0.2) is 5.65 Å². The first-order valence-electron chi connectivity index (χ1n) is 15.4. The molecule has 11 nitrogen and oxygen atoms in total. The number of halogens is 1. The number of amides is 1. The van der Waals surface area contributed by atoms with Gasteiger partial charge in [-0.1, -0.05) is 18.2 Å². The number of aromatic nitrogens is 4. The molecule has 2 aromatic heterocycles. The van der Waals surface area contributed by atoms with Crippen LogP contribution < -0.4 is 10.5 Å². The number of nitrogen functional groups attached to an aromatic ring is 1. The maximum Gasteiger partial charge on any atom is 0.264 e. The van der Waals surface area contributed by atoms with E-state index in [1.54, 1.807) is 39.9 Å². The van der Waals surface area contributed by atoms with E-state index in [1.807, 2.05) is 32.0 Å². The van der Waals surface area contributed by atoms with Gasteiger partial charge in [0.2, 0.25) is 0 Å². The molecule has 12 heteroatoms. The highest BCUT2D eigenvalue weighted by molar-refractivity contribution is 5.99. The summed E-state index contributed by atoms with van der Waals surface area (Å²) >= 11 is 0. The maximum atomic E-state index is 15.6. The molecule has 1 unspecified atom stereocenters. The minimum atomic E-state index is -0.537. The smallest absolute Gasteiger partial charge is 0.264 e. The zero-order chi connectivity index (χ0) is 32.1. The molecule has 7 rings (SSSR count). The van der Waals surface area contributed by atoms with Crippen LogP contribution in [-0.4, -0.2) is 79.9 Å². The van der Waals surface area contributed by atoms with Gasteiger partial charge < -0.3 is 20.1 Å². The predicted molar refractivity (Wildman–Crippen MR) is 169 cm³/mol. The van der Waals surface area contributed by atoms with Gasteiger partial charge in [0.05, 0.1) is 31.2 Å². The monoisotopic (exact) mass is 622 g/mol. The average Bonchev–Trinajstić information content (AvgIpc) is 3.60. The van der Waals surface area contributed by atoms with Crippen molar-refractivity contribution in [2.24, 2.45) is 5.41 Å². The van der Waals surface area contributed by atoms with E-state index in [1.165, 1.54) is 12.4 Å². The zero-order valence-electron chi connectivity index (χ0n) is 25.8. The first kappa shape index (κ1) is 29.8. The molecule has 3 saturated heterocycles. The van der Waals surface area contributed by atoms with Crippen molar-refractivity contribution >= 4 is 22.8 Å². The fourth-order valence-corrected chi connectivity index (χ4v) is 6.70. The Morgan fingerprint density at radius 2 is 1.98 bits per heavy atom. The van der Waals surface area contributed by atoms with Crippen molar-refractivity contribution in [1.29, 1.82) is 5.26 Å². The molecular formula is C34H35FN8O3. The number of nitrogens with two attached hydrogens (primary N) is 1. The van der Waals surface area contributed by atoms with Gasteiger partial charge >= 0.3 is 0 Å². The second-order valence-electron chi connectivity index (χ2n) is 13.0. The van der Waals surface area contributed by atoms with Gasteiger partial charge in [-0.2, -0.15) is 10.4 Å². The Morgan fingerprint density at radius 1 is 1.20 bits per heavy atom. The molecule has 1 amide bonds. The predicted octanol–water partition coefficient (Wildman–Crippen LogP) is 4.56. The van der Waals surface area contributed by atoms with Crippen molar-refractivity contribution in [3.63, 3.8) is 0 Å². The number of benzene rings is 2. The van der Waals surface area contributed by atoms with E-state index < -0.39 is 11.4 Å². The molecule has 2 N–H and O–H groups in total. The maximum absolute atomic E-state index is 15.6. The summed E-state index contributed by atoms with van der Waals surface area (Å²) in [4.78, 5) is 26.4. The molecule has 3 aliphatic rings. The number of likely N-dealkylation sites (tertiary alicyclic amines) is 2. The lowest BCUT2D eigenvalue weighted by Gasteiger charge is -2.59. The fraction of sp³-hybridized carbons (Fsp3) is 0.382. The summed E-state index contributed by atoms with van der Waals surface area (Å²) in [6.45, 7) is 8.20. The van der Waals surface area contributed by atoms with Gasteiger partial charge in [-0.15, -0.1) is 0 Å². The van der Waals surface area contributed by atoms with Crippen LogP contribution in [0.1, 0.15) is 26.7 Å². The largest absolute Gasteiger partial charge is 0.457 e. The molecule has 0 radical (unpaired) electrons. The van der Waals surface area contributed by atoms with Crippen LogP contribution in [0.2, 0.25) is 0 Å². The molecule has 3 aliphatic heterocycles. The lowest BCUT2D eigenvalue weighted by molar-refractivity contribution is -0.204. The van der Waals surface area contributed by atoms with Gasteiger partial charge in [0.25, 0.3) is 5.91 Å². The Morgan fingerprint density at radius 3 is 2.67 bits per heavy atom. The summed E-state index contributed by atoms with van der Waals surface area (Å²) in [5.74, 6) is 0.272. The van der Waals surface area contributed by atoms with E-state index in [9.17, 15) is 10.1 Å². The minimum absolute atomic E-state index is 0.125. The molecule has 0 saturated carbocycles. The summed E-state index contributed by atoms with van der Waals surface area (Å²) < 4.78 is 28.4. The summed E-state index contributed by atoms with van der Waals surface area (Å²) in [5, 5.41) is 15.3. The number of fused-ring (bicyclic) bond motifs is 1. The minimum Gasteiger partial charge on any atom is -0.457 e. The third-order valence-electron chi connectivity index (χ3n) is 9.29. The van der Waals surface area contributed by atoms with Gasteiger partial charge in [0.1, 0.15) is 46.8 Å². The molecule has 236 valence electrons. The van der Waals surface area contributed by atoms with Crippen molar-refractivity contribution < 1.29 is 18.7 Å². The first-order valence-corrected chi connectivity index (χ1v) is 15.4. The SMILES string of the molecule is CC(C)(/C=C(/C#N)C(=O)N1CCCC1Cn1nc(-c2ccc(Oc3ccccc3)cc2F)c2c(N)ncnc21)N1CC2(COC2)C1. The molecule has 3 fully saturated rings. The third kappa shape index (κ3) is 5.35. The second kappa shape index (κ2) is 11.5. The summed E-state index contributed by atoms with van der Waals surface area (Å²) in [6, 6.07) is 15.6. The molecule has 0 bridgehead atoms. The number of hydrogen-bond acceptors (Lipinski definition) is 9. The molecule has 0 aliphatic carbocycles. The molecule has 5 heterocycles. The van der Waals surface area contributed by atoms with Gasteiger partial charge in [-0.05, 0) is 57.0 Å². The number of anilines is 1. The number of nitrogens with zero attached hydrogens (tertiary/aromatic N) is 7. The van der Waals surface area contributed by atoms with Crippen molar-refractivity contribution in [2.45, 2.75) is 44.8 Å². The van der Waals surface area contributed by atoms with E-state index in [-0.39, 0.29) is 34.3 Å². The zero-order valence-corrected chi connectivity index (χ0v) is 25.8. The first-order chi connectivity index (χ1) is 22.2. The topological polar surface area (TPSA) is 135 Å². The molecular weight excluding hydrogens is 587 g/mol. The van der Waals surface area contributed by atoms with E-state index in [2.05, 4.69) is 20.9 Å². The van der Waals surface area contributed by atoms with E-state index in [4.69, 9.17) is 20.3 Å². The number of para-hydroxylation sites is 1. The van der Waals surface area contributed by atoms with Crippen LogP contribution in [0.15, 0.2) is 66.5 Å². The van der Waals surface area contributed by atoms with E-state index >= 15 is 4.39 Å². The number of carbonyl (C=O) groups is 1. The third-order valence-corrected chi connectivity index (χ3v) is 9.29. The lowest BCUT2D eigenvalue weighted by atomic mass is 9.75. The Balaban J connectivity index is 1.14. The Bertz CT molecular complexity index is 1870. The normalized spacial score (nSPS) is 19.6. The quantitative estimate of drug-likeness (QED) is 0.222. The number of ether oxygens (including phenoxy) is 2. The average molecular weight is 623 g/mol. The molecule has 1 spiro atoms. The van der Waals surface area contributed by atoms with Crippen LogP contribution in [0.5, 0.6) is 11.5 Å². The molecule has 46 heavy (non-hydrogen) atoms. The molecule has 4 aromatic rings. The number of rotatable bonds is 8. The summed E-state index contributed by atoms with van der Waals surface area (Å²) in [6.07, 6.45) is 4.65. The highest BCUT2D eigenvalue weighted by Gasteiger charge is 2.52. The number of hydrogen-bond donors (Lipinski definition) is 1. The van der Waals surface area contributed by atoms with Crippen LogP contribution in [0.4, 0.5) is 10.2 Å². The summed E-state index contributed by atoms with van der Waals surface area (Å²) in [5.41, 5.74) is 7.15. The number of carbonyl (C=O) groups excluding carboxylic acids is 1. The fourth-order valence-electron chi connectivity index (χ4n) is 6.70. The van der Waals surface area contributed by atoms with Gasteiger partial charge in [0, 0.05) is 42.2 Å². The highest BCUT2D eigenvalue weighted by Crippen LogP contribution is 2.42. The Hall–Kier alpha value is -4.86. The van der Waals surface area contributed by atoms with Crippen LogP contribution in [0.25, 0.3) is 22.3 Å². The van der Waals surface area contributed by atoms with Crippen molar-refractivity contribution in [3.05, 3.63) is 72.3 Å². The van der Waals surface area contributed by atoms with Crippen LogP contribution in [0.3, 0.4) is 0 Å². The van der Waals surface area contributed by atoms with Crippen LogP contribution >= 0.6 is 0 Å². The number of nitriles is 1. The lowest BCUT2D eigenvalue weighted by Crippen LogP contribution is -2.70. The van der Waals surface area contributed by atoms with Crippen molar-refractivity contribution in [2.75, 3.05) is 38.6 Å².